The van der Waals surface area contributed by atoms with Gasteiger partial charge in [-0.1, -0.05) is 18.2 Å². The summed E-state index contributed by atoms with van der Waals surface area (Å²) in [6, 6.07) is 15.8. The fraction of sp³-hybridized carbons (Fsp3) is 0.304. The first-order valence-electron chi connectivity index (χ1n) is 10.8. The lowest BCUT2D eigenvalue weighted by Crippen LogP contribution is -2.41. The Kier molecular flexibility index (Phi) is 7.15. The van der Waals surface area contributed by atoms with E-state index in [-0.39, 0.29) is 22.3 Å². The van der Waals surface area contributed by atoms with Crippen molar-refractivity contribution in [3.8, 4) is 0 Å². The van der Waals surface area contributed by atoms with E-state index in [1.807, 2.05) is 19.1 Å². The number of benzene rings is 2. The Balaban J connectivity index is 1.56. The van der Waals surface area contributed by atoms with Crippen LogP contribution >= 0.6 is 0 Å². The molecular weight excluding hydrogens is 460 g/mol. The summed E-state index contributed by atoms with van der Waals surface area (Å²) in [6.45, 7) is 4.80. The molecule has 1 aliphatic heterocycles. The van der Waals surface area contributed by atoms with Crippen LogP contribution in [-0.4, -0.2) is 51.1 Å². The number of nitrogens with zero attached hydrogens (tertiary/aromatic N) is 2. The van der Waals surface area contributed by atoms with E-state index in [9.17, 15) is 18.5 Å². The van der Waals surface area contributed by atoms with E-state index >= 15 is 0 Å². The van der Waals surface area contributed by atoms with Crippen LogP contribution in [0.1, 0.15) is 17.6 Å². The van der Waals surface area contributed by atoms with Gasteiger partial charge in [0.15, 0.2) is 0 Å². The molecule has 0 unspecified atom stereocenters. The Morgan fingerprint density at radius 2 is 1.82 bits per heavy atom. The molecule has 2 N–H and O–H groups in total. The van der Waals surface area contributed by atoms with E-state index in [0.717, 1.165) is 17.6 Å². The third kappa shape index (κ3) is 5.56. The molecule has 1 aliphatic rings. The van der Waals surface area contributed by atoms with Crippen LogP contribution in [0.2, 0.25) is 0 Å². The van der Waals surface area contributed by atoms with Crippen LogP contribution in [0.4, 0.5) is 17.1 Å². The molecule has 3 aromatic rings. The van der Waals surface area contributed by atoms with Gasteiger partial charge in [-0.25, -0.2) is 8.42 Å². The van der Waals surface area contributed by atoms with Crippen molar-refractivity contribution in [2.75, 3.05) is 42.9 Å². The molecule has 0 radical (unpaired) electrons. The molecule has 2 heterocycles. The number of hydrogen-bond donors (Lipinski definition) is 2. The lowest BCUT2D eigenvalue weighted by Gasteiger charge is -2.33. The molecule has 1 saturated heterocycles. The molecule has 0 saturated carbocycles. The van der Waals surface area contributed by atoms with Crippen molar-refractivity contribution in [1.29, 1.82) is 0 Å². The number of nitro benzene ring substituents is 1. The molecule has 180 valence electrons. The maximum atomic E-state index is 12.8. The van der Waals surface area contributed by atoms with Gasteiger partial charge < -0.3 is 14.5 Å². The van der Waals surface area contributed by atoms with E-state index in [1.54, 1.807) is 30.3 Å². The molecule has 2 aromatic carbocycles. The molecule has 0 bridgehead atoms. The van der Waals surface area contributed by atoms with Gasteiger partial charge in [0, 0.05) is 31.4 Å². The van der Waals surface area contributed by atoms with Gasteiger partial charge in [-0.2, -0.15) is 0 Å². The molecule has 0 aliphatic carbocycles. The number of furan rings is 1. The second-order valence-corrected chi connectivity index (χ2v) is 9.58. The molecule has 1 aromatic heterocycles. The van der Waals surface area contributed by atoms with Crippen molar-refractivity contribution < 1.29 is 22.5 Å². The van der Waals surface area contributed by atoms with Crippen molar-refractivity contribution in [3.63, 3.8) is 0 Å². The summed E-state index contributed by atoms with van der Waals surface area (Å²) < 4.78 is 39.2. The highest BCUT2D eigenvalue weighted by Gasteiger charge is 2.27. The predicted molar refractivity (Wildman–Crippen MR) is 127 cm³/mol. The first kappa shape index (κ1) is 23.7. The number of para-hydroxylation sites is 1. The molecule has 0 amide bonds. The summed E-state index contributed by atoms with van der Waals surface area (Å²) in [5.41, 5.74) is 0.270. The minimum Gasteiger partial charge on any atom is -0.465 e. The molecule has 4 rings (SSSR count). The number of nitro groups is 1. The number of morpholine rings is 1. The smallest absolute Gasteiger partial charge is 0.293 e. The average molecular weight is 487 g/mol. The Bertz CT molecular complexity index is 1240. The van der Waals surface area contributed by atoms with Gasteiger partial charge >= 0.3 is 0 Å². The molecule has 1 atom stereocenters. The van der Waals surface area contributed by atoms with Gasteiger partial charge in [-0.15, -0.1) is 0 Å². The number of rotatable bonds is 9. The normalized spacial score (nSPS) is 15.6. The van der Waals surface area contributed by atoms with Crippen molar-refractivity contribution in [1.82, 2.24) is 4.90 Å². The van der Waals surface area contributed by atoms with Gasteiger partial charge in [0.1, 0.15) is 17.2 Å². The Morgan fingerprint density at radius 3 is 2.47 bits per heavy atom. The highest BCUT2D eigenvalue weighted by atomic mass is 32.2. The van der Waals surface area contributed by atoms with Crippen LogP contribution in [0.3, 0.4) is 0 Å². The van der Waals surface area contributed by atoms with E-state index < -0.39 is 14.9 Å². The standard InChI is InChI=1S/C23H26N4O6S/c1-17-7-10-23(33-17)22(26-11-13-32-14-12-26)16-24-20-9-8-19(15-21(20)27(28)29)34(30,31)25-18-5-3-2-4-6-18/h2-10,15,22,24-25H,11-14,16H2,1H3/t22-/m0/s1. The fourth-order valence-electron chi connectivity index (χ4n) is 3.84. The van der Waals surface area contributed by atoms with E-state index in [1.165, 1.54) is 12.1 Å². The van der Waals surface area contributed by atoms with Crippen LogP contribution in [-0.2, 0) is 14.8 Å². The summed E-state index contributed by atoms with van der Waals surface area (Å²) in [6.07, 6.45) is 0. The predicted octanol–water partition coefficient (Wildman–Crippen LogP) is 3.78. The van der Waals surface area contributed by atoms with Crippen LogP contribution in [0, 0.1) is 17.0 Å². The molecule has 1 fully saturated rings. The Labute approximate surface area is 197 Å². The largest absolute Gasteiger partial charge is 0.465 e. The summed E-state index contributed by atoms with van der Waals surface area (Å²) in [4.78, 5) is 13.2. The van der Waals surface area contributed by atoms with E-state index in [2.05, 4.69) is 14.9 Å². The SMILES string of the molecule is Cc1ccc([C@H](CNc2ccc(S(=O)(=O)Nc3ccccc3)cc2[N+](=O)[O-])N2CCOCC2)o1. The third-order valence-corrected chi connectivity index (χ3v) is 6.94. The van der Waals surface area contributed by atoms with Gasteiger partial charge in [0.2, 0.25) is 0 Å². The third-order valence-electron chi connectivity index (χ3n) is 5.56. The van der Waals surface area contributed by atoms with Crippen molar-refractivity contribution in [2.24, 2.45) is 0 Å². The molecule has 11 heteroatoms. The highest BCUT2D eigenvalue weighted by molar-refractivity contribution is 7.92. The van der Waals surface area contributed by atoms with E-state index in [4.69, 9.17) is 9.15 Å². The number of anilines is 2. The zero-order valence-electron chi connectivity index (χ0n) is 18.6. The van der Waals surface area contributed by atoms with Crippen molar-refractivity contribution in [3.05, 3.63) is 82.3 Å². The quantitative estimate of drug-likeness (QED) is 0.346. The van der Waals surface area contributed by atoms with Gasteiger partial charge in [0.25, 0.3) is 15.7 Å². The average Bonchev–Trinajstić information content (AvgIpc) is 3.26. The zero-order valence-corrected chi connectivity index (χ0v) is 19.5. The Hall–Kier alpha value is -3.41. The summed E-state index contributed by atoms with van der Waals surface area (Å²) >= 11 is 0. The number of hydrogen-bond acceptors (Lipinski definition) is 8. The number of sulfonamides is 1. The van der Waals surface area contributed by atoms with E-state index in [0.29, 0.717) is 38.5 Å². The summed E-state index contributed by atoms with van der Waals surface area (Å²) in [7, 11) is -3.99. The maximum Gasteiger partial charge on any atom is 0.293 e. The highest BCUT2D eigenvalue weighted by Crippen LogP contribution is 2.31. The molecule has 34 heavy (non-hydrogen) atoms. The fourth-order valence-corrected chi connectivity index (χ4v) is 4.92. The van der Waals surface area contributed by atoms with Crippen LogP contribution in [0.5, 0.6) is 0 Å². The lowest BCUT2D eigenvalue weighted by atomic mass is 10.1. The van der Waals surface area contributed by atoms with Gasteiger partial charge in [0.05, 0.1) is 29.1 Å². The monoisotopic (exact) mass is 486 g/mol. The van der Waals surface area contributed by atoms with Gasteiger partial charge in [-0.3, -0.25) is 19.7 Å². The topological polar surface area (TPSA) is 127 Å². The number of ether oxygens (including phenoxy) is 1. The second kappa shape index (κ2) is 10.2. The molecule has 10 nitrogen and oxygen atoms in total. The van der Waals surface area contributed by atoms with Crippen LogP contribution in [0.15, 0.2) is 70.0 Å². The number of nitrogens with one attached hydrogen (secondary N) is 2. The van der Waals surface area contributed by atoms with Crippen molar-refractivity contribution in [2.45, 2.75) is 17.9 Å². The zero-order chi connectivity index (χ0) is 24.1. The minimum atomic E-state index is -3.99. The van der Waals surface area contributed by atoms with Crippen LogP contribution in [0.25, 0.3) is 0 Å². The van der Waals surface area contributed by atoms with Crippen molar-refractivity contribution >= 4 is 27.1 Å². The summed E-state index contributed by atoms with van der Waals surface area (Å²) in [5, 5.41) is 14.9. The first-order valence-corrected chi connectivity index (χ1v) is 12.3. The molecule has 0 spiro atoms. The lowest BCUT2D eigenvalue weighted by molar-refractivity contribution is -0.384. The maximum absolute atomic E-state index is 12.8. The second-order valence-electron chi connectivity index (χ2n) is 7.90. The van der Waals surface area contributed by atoms with Crippen LogP contribution < -0.4 is 10.0 Å². The number of aryl methyl sites for hydroxylation is 1. The van der Waals surface area contributed by atoms with Gasteiger partial charge in [-0.05, 0) is 43.3 Å². The summed E-state index contributed by atoms with van der Waals surface area (Å²) in [5.74, 6) is 1.53. The minimum absolute atomic E-state index is 0.166. The molecular formula is C23H26N4O6S. The Morgan fingerprint density at radius 1 is 1.09 bits per heavy atom. The first-order chi connectivity index (χ1) is 16.3.